The Bertz CT molecular complexity index is 1070. The van der Waals surface area contributed by atoms with E-state index in [1.54, 1.807) is 24.3 Å². The zero-order valence-corrected chi connectivity index (χ0v) is 14.8. The number of carbonyl (C=O) groups is 1. The zero-order valence-electron chi connectivity index (χ0n) is 14.8. The minimum atomic E-state index is -0.265. The summed E-state index contributed by atoms with van der Waals surface area (Å²) in [5.74, 6) is 0.744. The number of fused-ring (bicyclic) bond motifs is 1. The highest BCUT2D eigenvalue weighted by atomic mass is 16.5. The fraction of sp³-hybridized carbons (Fsp3) is 0.0952. The summed E-state index contributed by atoms with van der Waals surface area (Å²) in [6.45, 7) is 2.15. The number of nitrogens with zero attached hydrogens (tertiary/aromatic N) is 3. The van der Waals surface area contributed by atoms with E-state index in [1.807, 2.05) is 60.1 Å². The van der Waals surface area contributed by atoms with Crippen LogP contribution in [0.2, 0.25) is 0 Å². The van der Waals surface area contributed by atoms with Crippen molar-refractivity contribution in [3.05, 3.63) is 90.0 Å². The fourth-order valence-corrected chi connectivity index (χ4v) is 2.78. The van der Waals surface area contributed by atoms with Crippen molar-refractivity contribution in [2.45, 2.75) is 13.5 Å². The zero-order chi connectivity index (χ0) is 18.6. The number of aromatic nitrogens is 3. The molecule has 0 unspecified atom stereocenters. The largest absolute Gasteiger partial charge is 0.486 e. The van der Waals surface area contributed by atoms with E-state index in [0.29, 0.717) is 17.1 Å². The number of hydrogen-bond donors (Lipinski definition) is 1. The summed E-state index contributed by atoms with van der Waals surface area (Å²) in [6, 6.07) is 18.4. The highest BCUT2D eigenvalue weighted by molar-refractivity contribution is 6.05. The molecule has 1 amide bonds. The monoisotopic (exact) mass is 358 g/mol. The first-order valence-corrected chi connectivity index (χ1v) is 8.58. The van der Waals surface area contributed by atoms with Gasteiger partial charge in [-0.05, 0) is 43.3 Å². The van der Waals surface area contributed by atoms with Gasteiger partial charge in [0.1, 0.15) is 23.8 Å². The van der Waals surface area contributed by atoms with E-state index < -0.39 is 0 Å². The molecule has 3 heterocycles. The van der Waals surface area contributed by atoms with Crippen LogP contribution in [0.4, 0.5) is 5.82 Å². The van der Waals surface area contributed by atoms with Crippen molar-refractivity contribution >= 4 is 17.4 Å². The Morgan fingerprint density at radius 2 is 1.89 bits per heavy atom. The number of pyridine rings is 2. The van der Waals surface area contributed by atoms with Crippen molar-refractivity contribution in [2.24, 2.45) is 0 Å². The van der Waals surface area contributed by atoms with Gasteiger partial charge in [-0.25, -0.2) is 9.97 Å². The second kappa shape index (κ2) is 7.29. The Labute approximate surface area is 156 Å². The Kier molecular flexibility index (Phi) is 4.53. The smallest absolute Gasteiger partial charge is 0.260 e. The van der Waals surface area contributed by atoms with E-state index in [-0.39, 0.29) is 12.5 Å². The van der Waals surface area contributed by atoms with Crippen LogP contribution in [0.5, 0.6) is 5.75 Å². The number of para-hydroxylation sites is 1. The second-order valence-electron chi connectivity index (χ2n) is 6.10. The van der Waals surface area contributed by atoms with Crippen LogP contribution in [0.1, 0.15) is 21.7 Å². The number of anilines is 1. The van der Waals surface area contributed by atoms with Crippen molar-refractivity contribution in [1.29, 1.82) is 0 Å². The molecule has 0 saturated heterocycles. The van der Waals surface area contributed by atoms with Gasteiger partial charge in [-0.3, -0.25) is 4.79 Å². The summed E-state index contributed by atoms with van der Waals surface area (Å²) in [5, 5.41) is 2.81. The molecular weight excluding hydrogens is 340 g/mol. The second-order valence-corrected chi connectivity index (χ2v) is 6.10. The van der Waals surface area contributed by atoms with Gasteiger partial charge in [-0.1, -0.05) is 24.3 Å². The van der Waals surface area contributed by atoms with Gasteiger partial charge in [0.05, 0.1) is 11.3 Å². The van der Waals surface area contributed by atoms with Crippen LogP contribution in [0.15, 0.2) is 73.1 Å². The number of imidazole rings is 1. The number of benzene rings is 1. The van der Waals surface area contributed by atoms with Crippen LogP contribution in [0, 0.1) is 6.92 Å². The van der Waals surface area contributed by atoms with Gasteiger partial charge in [0, 0.05) is 18.1 Å². The average molecular weight is 358 g/mol. The third-order valence-corrected chi connectivity index (χ3v) is 4.05. The van der Waals surface area contributed by atoms with Gasteiger partial charge in [0.25, 0.3) is 5.91 Å². The lowest BCUT2D eigenvalue weighted by Gasteiger charge is -2.11. The quantitative estimate of drug-likeness (QED) is 0.588. The number of aryl methyl sites for hydroxylation is 1. The molecule has 4 rings (SSSR count). The summed E-state index contributed by atoms with van der Waals surface area (Å²) >= 11 is 0. The Balaban J connectivity index is 1.51. The minimum absolute atomic E-state index is 0.265. The Morgan fingerprint density at radius 1 is 1.04 bits per heavy atom. The van der Waals surface area contributed by atoms with Gasteiger partial charge in [0.15, 0.2) is 0 Å². The Hall–Kier alpha value is -3.67. The van der Waals surface area contributed by atoms with Gasteiger partial charge >= 0.3 is 0 Å². The minimum Gasteiger partial charge on any atom is -0.486 e. The Morgan fingerprint density at radius 3 is 2.74 bits per heavy atom. The summed E-state index contributed by atoms with van der Waals surface area (Å²) in [6.07, 6.45) is 3.84. The highest BCUT2D eigenvalue weighted by Crippen LogP contribution is 2.21. The van der Waals surface area contributed by atoms with Crippen molar-refractivity contribution in [3.8, 4) is 5.75 Å². The third-order valence-electron chi connectivity index (χ3n) is 4.05. The maximum absolute atomic E-state index is 12.6. The lowest BCUT2D eigenvalue weighted by molar-refractivity contribution is 0.102. The van der Waals surface area contributed by atoms with Crippen molar-refractivity contribution < 1.29 is 9.53 Å². The molecule has 0 spiro atoms. The molecule has 6 nitrogen and oxygen atoms in total. The highest BCUT2D eigenvalue weighted by Gasteiger charge is 2.13. The molecule has 1 N–H and O–H groups in total. The van der Waals surface area contributed by atoms with Crippen molar-refractivity contribution in [1.82, 2.24) is 14.4 Å². The molecule has 6 heteroatoms. The van der Waals surface area contributed by atoms with E-state index in [2.05, 4.69) is 15.3 Å². The number of carbonyl (C=O) groups excluding carboxylic acids is 1. The summed E-state index contributed by atoms with van der Waals surface area (Å²) in [4.78, 5) is 21.5. The molecule has 0 atom stereocenters. The van der Waals surface area contributed by atoms with E-state index in [9.17, 15) is 4.79 Å². The molecule has 0 bridgehead atoms. The van der Waals surface area contributed by atoms with Gasteiger partial charge in [-0.15, -0.1) is 0 Å². The SMILES string of the molecule is Cc1cccc(NC(=O)c2ccccc2OCc2cn3ccccc3n2)n1. The molecule has 4 aromatic rings. The first-order valence-electron chi connectivity index (χ1n) is 8.58. The van der Waals surface area contributed by atoms with Crippen LogP contribution in [0.3, 0.4) is 0 Å². The molecule has 0 aliphatic carbocycles. The molecule has 0 aliphatic rings. The van der Waals surface area contributed by atoms with Crippen molar-refractivity contribution in [2.75, 3.05) is 5.32 Å². The van der Waals surface area contributed by atoms with Crippen molar-refractivity contribution in [3.63, 3.8) is 0 Å². The van der Waals surface area contributed by atoms with Gasteiger partial charge in [-0.2, -0.15) is 0 Å². The molecule has 0 radical (unpaired) electrons. The van der Waals surface area contributed by atoms with E-state index in [1.165, 1.54) is 0 Å². The number of nitrogens with one attached hydrogen (secondary N) is 1. The first-order chi connectivity index (χ1) is 13.2. The molecular formula is C21H18N4O2. The number of hydrogen-bond acceptors (Lipinski definition) is 4. The van der Waals surface area contributed by atoms with Crippen LogP contribution >= 0.6 is 0 Å². The van der Waals surface area contributed by atoms with Crippen LogP contribution in [-0.4, -0.2) is 20.3 Å². The van der Waals surface area contributed by atoms with Crippen LogP contribution < -0.4 is 10.1 Å². The topological polar surface area (TPSA) is 68.5 Å². The van der Waals surface area contributed by atoms with Gasteiger partial charge < -0.3 is 14.5 Å². The van der Waals surface area contributed by atoms with Crippen LogP contribution in [-0.2, 0) is 6.61 Å². The lowest BCUT2D eigenvalue weighted by Crippen LogP contribution is -2.14. The maximum atomic E-state index is 12.6. The summed E-state index contributed by atoms with van der Waals surface area (Å²) < 4.78 is 7.81. The predicted octanol–water partition coefficient (Wildman–Crippen LogP) is 3.87. The molecule has 0 fully saturated rings. The molecule has 0 aliphatic heterocycles. The normalized spacial score (nSPS) is 10.7. The van der Waals surface area contributed by atoms with E-state index >= 15 is 0 Å². The molecule has 0 saturated carbocycles. The maximum Gasteiger partial charge on any atom is 0.260 e. The number of ether oxygens (including phenoxy) is 1. The lowest BCUT2D eigenvalue weighted by atomic mass is 10.2. The molecule has 27 heavy (non-hydrogen) atoms. The summed E-state index contributed by atoms with van der Waals surface area (Å²) in [5.41, 5.74) is 2.93. The summed E-state index contributed by atoms with van der Waals surface area (Å²) in [7, 11) is 0. The number of rotatable bonds is 5. The standard InChI is InChI=1S/C21H18N4O2/c1-15-7-6-10-19(22-15)24-21(26)17-8-2-3-9-18(17)27-14-16-13-25-12-5-4-11-20(25)23-16/h2-13H,14H2,1H3,(H,22,24,26). The van der Waals surface area contributed by atoms with E-state index in [0.717, 1.165) is 17.0 Å². The van der Waals surface area contributed by atoms with Crippen LogP contribution in [0.25, 0.3) is 5.65 Å². The molecule has 134 valence electrons. The fourth-order valence-electron chi connectivity index (χ4n) is 2.78. The molecule has 3 aromatic heterocycles. The first kappa shape index (κ1) is 16.8. The predicted molar refractivity (Wildman–Crippen MR) is 103 cm³/mol. The van der Waals surface area contributed by atoms with E-state index in [4.69, 9.17) is 4.74 Å². The average Bonchev–Trinajstić information content (AvgIpc) is 3.09. The number of amides is 1. The third kappa shape index (κ3) is 3.79. The van der Waals surface area contributed by atoms with Gasteiger partial charge in [0.2, 0.25) is 0 Å². The molecule has 1 aromatic carbocycles.